The fourth-order valence-corrected chi connectivity index (χ4v) is 5.45. The van der Waals surface area contributed by atoms with E-state index in [9.17, 15) is 0 Å². The van der Waals surface area contributed by atoms with Crippen molar-refractivity contribution in [3.05, 3.63) is 25.3 Å². The van der Waals surface area contributed by atoms with Gasteiger partial charge in [-0.3, -0.25) is 0 Å². The van der Waals surface area contributed by atoms with E-state index in [-0.39, 0.29) is 0 Å². The Morgan fingerprint density at radius 1 is 1.13 bits per heavy atom. The van der Waals surface area contributed by atoms with Crippen LogP contribution in [0.3, 0.4) is 0 Å². The molecule has 15 heavy (non-hydrogen) atoms. The molecule has 1 nitrogen and oxygen atoms in total. The van der Waals surface area contributed by atoms with Gasteiger partial charge >= 0.3 is 0 Å². The minimum absolute atomic E-state index is 0.713. The van der Waals surface area contributed by atoms with Gasteiger partial charge in [0.25, 0.3) is 0 Å². The summed E-state index contributed by atoms with van der Waals surface area (Å²) >= 11 is 0. The van der Waals surface area contributed by atoms with E-state index in [1.165, 1.54) is 18.1 Å². The largest absolute Gasteiger partial charge is 0.198 e. The quantitative estimate of drug-likeness (QED) is 0.319. The van der Waals surface area contributed by atoms with E-state index in [1.807, 2.05) is 12.2 Å². The average Bonchev–Trinajstić information content (AvgIpc) is 2.24. The standard InChI is InChI=1S/C13H23NSi/c1-4-6-11-15(3,12-7-5-2)13-9-8-10-14/h4-5H,1-2,6-9,11-13H2,3H3. The third-order valence-corrected chi connectivity index (χ3v) is 7.53. The van der Waals surface area contributed by atoms with Crippen molar-refractivity contribution >= 4 is 8.07 Å². The molecule has 0 unspecified atom stereocenters. The number of allylic oxidation sites excluding steroid dienone is 2. The zero-order chi connectivity index (χ0) is 11.6. The summed E-state index contributed by atoms with van der Waals surface area (Å²) in [6.45, 7) is 10.0. The summed E-state index contributed by atoms with van der Waals surface area (Å²) in [7, 11) is -1.12. The molecular formula is C13H23NSi. The highest BCUT2D eigenvalue weighted by atomic mass is 28.3. The van der Waals surface area contributed by atoms with Gasteiger partial charge in [0.1, 0.15) is 0 Å². The number of hydrogen-bond acceptors (Lipinski definition) is 1. The van der Waals surface area contributed by atoms with Crippen molar-refractivity contribution in [1.82, 2.24) is 0 Å². The second kappa shape index (κ2) is 8.49. The molecule has 2 heteroatoms. The summed E-state index contributed by atoms with van der Waals surface area (Å²) in [6, 6.07) is 6.14. The fourth-order valence-electron chi connectivity index (χ4n) is 1.87. The van der Waals surface area contributed by atoms with E-state index in [2.05, 4.69) is 25.8 Å². The average molecular weight is 221 g/mol. The second-order valence-corrected chi connectivity index (χ2v) is 9.60. The zero-order valence-electron chi connectivity index (χ0n) is 9.97. The molecule has 0 N–H and O–H groups in total. The van der Waals surface area contributed by atoms with Crippen LogP contribution in [0.4, 0.5) is 0 Å². The molecule has 0 atom stereocenters. The molecule has 0 amide bonds. The maximum absolute atomic E-state index is 8.55. The zero-order valence-corrected chi connectivity index (χ0v) is 11.0. The maximum Gasteiger partial charge on any atom is 0.0621 e. The van der Waals surface area contributed by atoms with Crippen molar-refractivity contribution in [2.75, 3.05) is 0 Å². The monoisotopic (exact) mass is 221 g/mol. The van der Waals surface area contributed by atoms with Gasteiger partial charge in [0.05, 0.1) is 14.1 Å². The van der Waals surface area contributed by atoms with Gasteiger partial charge in [0.2, 0.25) is 0 Å². The number of hydrogen-bond donors (Lipinski definition) is 0. The summed E-state index contributed by atoms with van der Waals surface area (Å²) < 4.78 is 0. The molecule has 0 saturated heterocycles. The number of rotatable bonds is 9. The molecular weight excluding hydrogens is 198 g/mol. The maximum atomic E-state index is 8.55. The van der Waals surface area contributed by atoms with Crippen LogP contribution in [0.2, 0.25) is 24.7 Å². The molecule has 0 bridgehead atoms. The van der Waals surface area contributed by atoms with E-state index < -0.39 is 8.07 Å². The molecule has 0 aromatic heterocycles. The Hall–Kier alpha value is -0.813. The summed E-state index contributed by atoms with van der Waals surface area (Å²) in [4.78, 5) is 0. The smallest absolute Gasteiger partial charge is 0.0621 e. The Morgan fingerprint density at radius 2 is 1.67 bits per heavy atom. The normalized spacial score (nSPS) is 10.7. The number of nitrogens with zero attached hydrogens (tertiary/aromatic N) is 1. The van der Waals surface area contributed by atoms with Crippen LogP contribution in [0, 0.1) is 11.3 Å². The molecule has 0 aromatic carbocycles. The lowest BCUT2D eigenvalue weighted by atomic mass is 10.4. The Kier molecular flexibility index (Phi) is 8.03. The first-order chi connectivity index (χ1) is 7.18. The third kappa shape index (κ3) is 7.16. The van der Waals surface area contributed by atoms with E-state index in [4.69, 9.17) is 5.26 Å². The van der Waals surface area contributed by atoms with E-state index in [0.717, 1.165) is 19.3 Å². The molecule has 0 aliphatic carbocycles. The van der Waals surface area contributed by atoms with Crippen molar-refractivity contribution in [2.24, 2.45) is 0 Å². The molecule has 0 saturated carbocycles. The van der Waals surface area contributed by atoms with E-state index in [1.54, 1.807) is 0 Å². The first-order valence-corrected chi connectivity index (χ1v) is 8.89. The molecule has 0 rings (SSSR count). The topological polar surface area (TPSA) is 23.8 Å². The van der Waals surface area contributed by atoms with Crippen molar-refractivity contribution in [3.8, 4) is 6.07 Å². The van der Waals surface area contributed by atoms with Gasteiger partial charge in [0, 0.05) is 6.42 Å². The van der Waals surface area contributed by atoms with E-state index >= 15 is 0 Å². The highest BCUT2D eigenvalue weighted by Gasteiger charge is 2.24. The first kappa shape index (κ1) is 14.2. The Bertz CT molecular complexity index is 215. The molecule has 0 fully saturated rings. The predicted molar refractivity (Wildman–Crippen MR) is 70.5 cm³/mol. The summed E-state index contributed by atoms with van der Waals surface area (Å²) in [5.41, 5.74) is 0. The van der Waals surface area contributed by atoms with Gasteiger partial charge in [-0.2, -0.15) is 5.26 Å². The van der Waals surface area contributed by atoms with Gasteiger partial charge in [-0.1, -0.05) is 36.8 Å². The van der Waals surface area contributed by atoms with Crippen molar-refractivity contribution in [2.45, 2.75) is 50.4 Å². The van der Waals surface area contributed by atoms with Crippen LogP contribution in [-0.4, -0.2) is 8.07 Å². The lowest BCUT2D eigenvalue weighted by Gasteiger charge is -2.26. The van der Waals surface area contributed by atoms with Gasteiger partial charge in [0.15, 0.2) is 0 Å². The van der Waals surface area contributed by atoms with Crippen LogP contribution in [0.1, 0.15) is 25.7 Å². The molecule has 0 aliphatic heterocycles. The van der Waals surface area contributed by atoms with Gasteiger partial charge < -0.3 is 0 Å². The lowest BCUT2D eigenvalue weighted by Crippen LogP contribution is -2.29. The van der Waals surface area contributed by atoms with Crippen molar-refractivity contribution in [3.63, 3.8) is 0 Å². The van der Waals surface area contributed by atoms with Crippen LogP contribution >= 0.6 is 0 Å². The summed E-state index contributed by atoms with van der Waals surface area (Å²) in [6.07, 6.45) is 8.09. The number of unbranched alkanes of at least 4 members (excludes halogenated alkanes) is 1. The van der Waals surface area contributed by atoms with Crippen LogP contribution in [-0.2, 0) is 0 Å². The second-order valence-electron chi connectivity index (χ2n) is 4.48. The highest BCUT2D eigenvalue weighted by molar-refractivity contribution is 6.78. The fraction of sp³-hybridized carbons (Fsp3) is 0.615. The van der Waals surface area contributed by atoms with E-state index in [0.29, 0.717) is 6.42 Å². The van der Waals surface area contributed by atoms with Crippen LogP contribution in [0.25, 0.3) is 0 Å². The first-order valence-electron chi connectivity index (χ1n) is 5.77. The van der Waals surface area contributed by atoms with Gasteiger partial charge in [-0.15, -0.1) is 13.2 Å². The third-order valence-electron chi connectivity index (χ3n) is 2.97. The molecule has 0 aliphatic rings. The SMILES string of the molecule is C=CCC[Si](C)(CCC=C)CCCC#N. The van der Waals surface area contributed by atoms with Crippen molar-refractivity contribution < 1.29 is 0 Å². The van der Waals surface area contributed by atoms with Crippen molar-refractivity contribution in [1.29, 1.82) is 5.26 Å². The lowest BCUT2D eigenvalue weighted by molar-refractivity contribution is 0.912. The Balaban J connectivity index is 4.06. The highest BCUT2D eigenvalue weighted by Crippen LogP contribution is 2.26. The minimum Gasteiger partial charge on any atom is -0.198 e. The minimum atomic E-state index is -1.12. The predicted octanol–water partition coefficient (Wildman–Crippen LogP) is 4.52. The van der Waals surface area contributed by atoms with Gasteiger partial charge in [-0.05, 0) is 19.3 Å². The van der Waals surface area contributed by atoms with Gasteiger partial charge in [-0.25, -0.2) is 0 Å². The number of nitriles is 1. The van der Waals surface area contributed by atoms with Crippen LogP contribution < -0.4 is 0 Å². The van der Waals surface area contributed by atoms with Crippen LogP contribution in [0.5, 0.6) is 0 Å². The summed E-state index contributed by atoms with van der Waals surface area (Å²) in [5, 5.41) is 8.55. The molecule has 0 aromatic rings. The molecule has 0 radical (unpaired) electrons. The Morgan fingerprint density at radius 3 is 2.07 bits per heavy atom. The molecule has 0 heterocycles. The molecule has 84 valence electrons. The molecule has 0 spiro atoms. The summed E-state index contributed by atoms with van der Waals surface area (Å²) in [5.74, 6) is 0. The Labute approximate surface area is 95.5 Å². The van der Waals surface area contributed by atoms with Crippen LogP contribution in [0.15, 0.2) is 25.3 Å².